The van der Waals surface area contributed by atoms with Crippen LogP contribution in [0.25, 0.3) is 0 Å². The van der Waals surface area contributed by atoms with Gasteiger partial charge < -0.3 is 24.8 Å². The summed E-state index contributed by atoms with van der Waals surface area (Å²) >= 11 is 0. The van der Waals surface area contributed by atoms with Gasteiger partial charge in [-0.15, -0.1) is 0 Å². The Kier molecular flexibility index (Phi) is 4.72. The van der Waals surface area contributed by atoms with E-state index < -0.39 is 36.5 Å². The van der Waals surface area contributed by atoms with E-state index in [-0.39, 0.29) is 6.42 Å². The van der Waals surface area contributed by atoms with Gasteiger partial charge in [0.25, 0.3) is 0 Å². The summed E-state index contributed by atoms with van der Waals surface area (Å²) < 4.78 is 9.98. The number of esters is 1. The molecule has 2 rings (SSSR count). The van der Waals surface area contributed by atoms with Gasteiger partial charge in [-0.1, -0.05) is 30.3 Å². The minimum atomic E-state index is -1.26. The average Bonchev–Trinajstić information content (AvgIpc) is 2.76. The topological polar surface area (TPSA) is 96.2 Å². The molecule has 0 unspecified atom stereocenters. The Morgan fingerprint density at radius 1 is 1.30 bits per heavy atom. The number of methoxy groups -OCH3 is 1. The van der Waals surface area contributed by atoms with Crippen LogP contribution in [-0.4, -0.2) is 52.8 Å². The van der Waals surface area contributed by atoms with E-state index in [0.29, 0.717) is 5.56 Å². The molecule has 0 bridgehead atoms. The fraction of sp³-hybridized carbons (Fsp3) is 0.500. The van der Waals surface area contributed by atoms with E-state index in [2.05, 4.69) is 4.74 Å². The molecule has 1 saturated heterocycles. The van der Waals surface area contributed by atoms with Crippen LogP contribution in [0.3, 0.4) is 0 Å². The van der Waals surface area contributed by atoms with E-state index in [1.807, 2.05) is 6.07 Å². The highest BCUT2D eigenvalue weighted by atomic mass is 16.6. The van der Waals surface area contributed by atoms with Crippen LogP contribution in [-0.2, 0) is 14.3 Å². The molecule has 0 saturated carbocycles. The summed E-state index contributed by atoms with van der Waals surface area (Å²) in [5, 5.41) is 29.9. The van der Waals surface area contributed by atoms with Crippen LogP contribution in [0.1, 0.15) is 18.1 Å². The van der Waals surface area contributed by atoms with Crippen molar-refractivity contribution in [1.82, 2.24) is 0 Å². The second kappa shape index (κ2) is 6.32. The highest BCUT2D eigenvalue weighted by molar-refractivity contribution is 5.69. The average molecular weight is 282 g/mol. The molecule has 3 N–H and O–H groups in total. The highest BCUT2D eigenvalue weighted by Crippen LogP contribution is 2.35. The van der Waals surface area contributed by atoms with E-state index in [0.717, 1.165) is 0 Å². The first kappa shape index (κ1) is 14.9. The predicted octanol–water partition coefficient (Wildman–Crippen LogP) is -0.228. The zero-order valence-corrected chi connectivity index (χ0v) is 11.0. The lowest BCUT2D eigenvalue weighted by molar-refractivity contribution is -0.146. The normalized spacial score (nSPS) is 31.0. The van der Waals surface area contributed by atoms with Crippen molar-refractivity contribution in [1.29, 1.82) is 0 Å². The zero-order chi connectivity index (χ0) is 14.7. The van der Waals surface area contributed by atoms with E-state index in [4.69, 9.17) is 4.74 Å². The van der Waals surface area contributed by atoms with Gasteiger partial charge in [-0.25, -0.2) is 0 Å². The van der Waals surface area contributed by atoms with Gasteiger partial charge >= 0.3 is 5.97 Å². The van der Waals surface area contributed by atoms with Crippen LogP contribution >= 0.6 is 0 Å². The summed E-state index contributed by atoms with van der Waals surface area (Å²) in [7, 11) is 1.21. The van der Waals surface area contributed by atoms with Crippen LogP contribution in [0.5, 0.6) is 0 Å². The second-order valence-electron chi connectivity index (χ2n) is 4.76. The Balaban J connectivity index is 2.09. The number of hydrogen-bond acceptors (Lipinski definition) is 6. The lowest BCUT2D eigenvalue weighted by Gasteiger charge is -2.20. The lowest BCUT2D eigenvalue weighted by atomic mass is 9.99. The molecule has 6 nitrogen and oxygen atoms in total. The molecule has 1 aromatic rings. The number of hydrogen-bond donors (Lipinski definition) is 3. The van der Waals surface area contributed by atoms with Crippen LogP contribution in [0.15, 0.2) is 30.3 Å². The van der Waals surface area contributed by atoms with Crippen molar-refractivity contribution in [2.75, 3.05) is 7.11 Å². The summed E-state index contributed by atoms with van der Waals surface area (Å²) in [6.45, 7) is 0. The van der Waals surface area contributed by atoms with Crippen molar-refractivity contribution in [3.63, 3.8) is 0 Å². The highest BCUT2D eigenvalue weighted by Gasteiger charge is 2.46. The molecular formula is C14H18O6. The van der Waals surface area contributed by atoms with Crippen molar-refractivity contribution in [3.05, 3.63) is 35.9 Å². The fourth-order valence-corrected chi connectivity index (χ4v) is 2.31. The van der Waals surface area contributed by atoms with Crippen molar-refractivity contribution >= 4 is 5.97 Å². The molecule has 6 heteroatoms. The van der Waals surface area contributed by atoms with Crippen LogP contribution in [0.4, 0.5) is 0 Å². The minimum absolute atomic E-state index is 0.299. The molecule has 0 aliphatic carbocycles. The Labute approximate surface area is 116 Å². The number of ether oxygens (including phenoxy) is 2. The summed E-state index contributed by atoms with van der Waals surface area (Å²) in [4.78, 5) is 11.1. The number of benzene rings is 1. The molecule has 0 aromatic heterocycles. The third-order valence-corrected chi connectivity index (χ3v) is 3.41. The smallest absolute Gasteiger partial charge is 0.308 e. The summed E-state index contributed by atoms with van der Waals surface area (Å²) in [5.74, 6) is -0.606. The Hall–Kier alpha value is -1.47. The quantitative estimate of drug-likeness (QED) is 0.660. The van der Waals surface area contributed by atoms with Gasteiger partial charge in [0.1, 0.15) is 24.4 Å². The second-order valence-corrected chi connectivity index (χ2v) is 4.76. The Morgan fingerprint density at radius 3 is 2.55 bits per heavy atom. The first-order valence-corrected chi connectivity index (χ1v) is 6.36. The first-order chi connectivity index (χ1) is 9.54. The molecule has 110 valence electrons. The molecule has 20 heavy (non-hydrogen) atoms. The molecule has 5 atom stereocenters. The fourth-order valence-electron chi connectivity index (χ4n) is 2.31. The maximum atomic E-state index is 11.1. The Morgan fingerprint density at radius 2 is 1.95 bits per heavy atom. The maximum absolute atomic E-state index is 11.1. The third kappa shape index (κ3) is 2.99. The third-order valence-electron chi connectivity index (χ3n) is 3.41. The van der Waals surface area contributed by atoms with Gasteiger partial charge in [-0.2, -0.15) is 0 Å². The summed E-state index contributed by atoms with van der Waals surface area (Å²) in [6.07, 6.45) is -5.72. The standard InChI is InChI=1S/C14H18O6/c1-19-10(16)7-9(15)14-12(18)11(17)13(20-14)8-5-3-2-4-6-8/h2-6,9,11-15,17-18H,7H2,1H3/t9-,11+,12+,13+,14+/m1/s1. The summed E-state index contributed by atoms with van der Waals surface area (Å²) in [6, 6.07) is 8.92. The van der Waals surface area contributed by atoms with Gasteiger partial charge in [0.15, 0.2) is 0 Å². The van der Waals surface area contributed by atoms with Crippen molar-refractivity contribution in [2.24, 2.45) is 0 Å². The first-order valence-electron chi connectivity index (χ1n) is 6.36. The van der Waals surface area contributed by atoms with E-state index in [1.54, 1.807) is 24.3 Å². The van der Waals surface area contributed by atoms with Gasteiger partial charge in [0, 0.05) is 0 Å². The SMILES string of the molecule is COC(=O)C[C@@H](O)[C@@H]1O[C@@H](c2ccccc2)[C@@H](O)[C@@H]1O. The molecule has 0 radical (unpaired) electrons. The van der Waals surface area contributed by atoms with Crippen LogP contribution < -0.4 is 0 Å². The molecule has 1 aromatic carbocycles. The van der Waals surface area contributed by atoms with E-state index >= 15 is 0 Å². The van der Waals surface area contributed by atoms with Gasteiger partial charge in [-0.05, 0) is 5.56 Å². The largest absolute Gasteiger partial charge is 0.469 e. The molecule has 1 aliphatic heterocycles. The van der Waals surface area contributed by atoms with Crippen LogP contribution in [0, 0.1) is 0 Å². The van der Waals surface area contributed by atoms with Crippen molar-refractivity contribution in [2.45, 2.75) is 36.9 Å². The summed E-state index contributed by atoms with van der Waals surface area (Å²) in [5.41, 5.74) is 0.701. The molecule has 1 heterocycles. The number of rotatable bonds is 4. The molecule has 0 amide bonds. The Bertz CT molecular complexity index is 448. The lowest BCUT2D eigenvalue weighted by Crippen LogP contribution is -2.39. The number of carbonyl (C=O) groups is 1. The van der Waals surface area contributed by atoms with Crippen LogP contribution in [0.2, 0.25) is 0 Å². The molecule has 1 aliphatic rings. The number of carbonyl (C=O) groups excluding carboxylic acids is 1. The van der Waals surface area contributed by atoms with Crippen molar-refractivity contribution < 1.29 is 29.6 Å². The maximum Gasteiger partial charge on any atom is 0.308 e. The predicted molar refractivity (Wildman–Crippen MR) is 68.7 cm³/mol. The zero-order valence-electron chi connectivity index (χ0n) is 11.0. The number of aliphatic hydroxyl groups is 3. The van der Waals surface area contributed by atoms with Gasteiger partial charge in [-0.3, -0.25) is 4.79 Å². The molecular weight excluding hydrogens is 264 g/mol. The monoisotopic (exact) mass is 282 g/mol. The van der Waals surface area contributed by atoms with E-state index in [1.165, 1.54) is 7.11 Å². The molecule has 0 spiro atoms. The van der Waals surface area contributed by atoms with Crippen molar-refractivity contribution in [3.8, 4) is 0 Å². The van der Waals surface area contributed by atoms with Gasteiger partial charge in [0.2, 0.25) is 0 Å². The molecule has 1 fully saturated rings. The van der Waals surface area contributed by atoms with E-state index in [9.17, 15) is 20.1 Å². The minimum Gasteiger partial charge on any atom is -0.469 e. The van der Waals surface area contributed by atoms with Gasteiger partial charge in [0.05, 0.1) is 19.6 Å². The number of aliphatic hydroxyl groups excluding tert-OH is 3.